The fourth-order valence-electron chi connectivity index (χ4n) is 2.49. The monoisotopic (exact) mass is 348 g/mol. The molecular weight excluding hydrogens is 328 g/mol. The van der Waals surface area contributed by atoms with E-state index in [0.717, 1.165) is 6.54 Å². The van der Waals surface area contributed by atoms with Gasteiger partial charge in [0, 0.05) is 37.4 Å². The van der Waals surface area contributed by atoms with Gasteiger partial charge in [0.15, 0.2) is 5.13 Å². The Kier molecular flexibility index (Phi) is 5.68. The highest BCUT2D eigenvalue weighted by atomic mass is 32.1. The van der Waals surface area contributed by atoms with Crippen LogP contribution in [0.1, 0.15) is 6.92 Å². The van der Waals surface area contributed by atoms with E-state index in [4.69, 9.17) is 4.74 Å². The molecule has 0 bridgehead atoms. The van der Waals surface area contributed by atoms with Crippen LogP contribution >= 0.6 is 11.3 Å². The molecule has 1 amide bonds. The molecule has 128 valence electrons. The zero-order valence-corrected chi connectivity index (χ0v) is 14.2. The van der Waals surface area contributed by atoms with E-state index in [9.17, 15) is 4.79 Å². The van der Waals surface area contributed by atoms with Crippen LogP contribution in [0.25, 0.3) is 0 Å². The highest BCUT2D eigenvalue weighted by molar-refractivity contribution is 7.13. The van der Waals surface area contributed by atoms with Crippen molar-refractivity contribution in [3.63, 3.8) is 0 Å². The summed E-state index contributed by atoms with van der Waals surface area (Å²) in [6, 6.07) is 3.45. The molecule has 0 spiro atoms. The molecule has 1 aliphatic heterocycles. The zero-order valence-electron chi connectivity index (χ0n) is 13.4. The van der Waals surface area contributed by atoms with Gasteiger partial charge in [-0.1, -0.05) is 0 Å². The van der Waals surface area contributed by atoms with Crippen molar-refractivity contribution in [1.29, 1.82) is 0 Å². The van der Waals surface area contributed by atoms with Crippen LogP contribution in [-0.4, -0.2) is 64.4 Å². The number of nitrogens with one attached hydrogen (secondary N) is 2. The second kappa shape index (κ2) is 8.13. The van der Waals surface area contributed by atoms with Gasteiger partial charge in [-0.3, -0.25) is 9.69 Å². The summed E-state index contributed by atoms with van der Waals surface area (Å²) in [6.07, 6.45) is 3.30. The number of rotatable bonds is 6. The van der Waals surface area contributed by atoms with Crippen molar-refractivity contribution in [1.82, 2.24) is 20.1 Å². The first-order valence-electron chi connectivity index (χ1n) is 7.80. The number of hydrogen-bond acceptors (Lipinski definition) is 8. The highest BCUT2D eigenvalue weighted by Gasteiger charge is 2.28. The number of carbonyl (C=O) groups excluding carboxylic acids is 1. The van der Waals surface area contributed by atoms with Crippen molar-refractivity contribution in [3.8, 4) is 0 Å². The van der Waals surface area contributed by atoms with E-state index in [1.54, 1.807) is 12.4 Å². The van der Waals surface area contributed by atoms with Crippen LogP contribution in [0, 0.1) is 0 Å². The van der Waals surface area contributed by atoms with Crippen molar-refractivity contribution in [3.05, 3.63) is 29.9 Å². The summed E-state index contributed by atoms with van der Waals surface area (Å²) >= 11 is 1.41. The first kappa shape index (κ1) is 16.7. The van der Waals surface area contributed by atoms with Gasteiger partial charge in [0.05, 0.1) is 18.8 Å². The Morgan fingerprint density at radius 3 is 3.21 bits per heavy atom. The van der Waals surface area contributed by atoms with Crippen molar-refractivity contribution in [2.75, 3.05) is 36.9 Å². The van der Waals surface area contributed by atoms with Crippen molar-refractivity contribution in [2.45, 2.75) is 19.1 Å². The predicted octanol–water partition coefficient (Wildman–Crippen LogP) is 1.07. The number of thiazole rings is 1. The molecule has 1 aliphatic rings. The van der Waals surface area contributed by atoms with Crippen molar-refractivity contribution >= 4 is 28.2 Å². The van der Waals surface area contributed by atoms with Gasteiger partial charge in [-0.2, -0.15) is 5.10 Å². The number of nitrogens with zero attached hydrogens (tertiary/aromatic N) is 4. The Hall–Kier alpha value is -2.10. The highest BCUT2D eigenvalue weighted by Crippen LogP contribution is 2.14. The van der Waals surface area contributed by atoms with Gasteiger partial charge in [-0.25, -0.2) is 4.98 Å². The molecule has 2 N–H and O–H groups in total. The Morgan fingerprint density at radius 2 is 2.46 bits per heavy atom. The third-order valence-electron chi connectivity index (χ3n) is 3.84. The average molecular weight is 348 g/mol. The van der Waals surface area contributed by atoms with Gasteiger partial charge in [0.2, 0.25) is 5.91 Å². The lowest BCUT2D eigenvalue weighted by atomic mass is 10.2. The molecule has 0 aliphatic carbocycles. The molecule has 1 saturated heterocycles. The normalized spacial score (nSPS) is 19.6. The summed E-state index contributed by atoms with van der Waals surface area (Å²) < 4.78 is 5.77. The van der Waals surface area contributed by atoms with Crippen LogP contribution in [0.2, 0.25) is 0 Å². The Balaban J connectivity index is 1.50. The molecule has 0 radical (unpaired) electrons. The standard InChI is InChI=1S/C15H20N6O2S/c1-11(14(22)19-15-16-5-8-24-15)21-6-7-23-12(10-21)9-17-13-3-2-4-18-20-13/h2-5,8,11-12H,6-7,9-10H2,1H3,(H,17,20)(H,16,19,22)/t11-,12+/m1/s1. The summed E-state index contributed by atoms with van der Waals surface area (Å²) in [4.78, 5) is 18.5. The van der Waals surface area contributed by atoms with E-state index in [-0.39, 0.29) is 18.1 Å². The topological polar surface area (TPSA) is 92.3 Å². The fourth-order valence-corrected chi connectivity index (χ4v) is 3.02. The van der Waals surface area contributed by atoms with Crippen molar-refractivity contribution in [2.24, 2.45) is 0 Å². The van der Waals surface area contributed by atoms with Gasteiger partial charge in [0.25, 0.3) is 0 Å². The van der Waals surface area contributed by atoms with Crippen LogP contribution in [0.5, 0.6) is 0 Å². The van der Waals surface area contributed by atoms with Gasteiger partial charge in [-0.15, -0.1) is 16.4 Å². The number of carbonyl (C=O) groups is 1. The lowest BCUT2D eigenvalue weighted by Crippen LogP contribution is -2.52. The summed E-state index contributed by atoms with van der Waals surface area (Å²) in [5, 5.41) is 16.3. The lowest BCUT2D eigenvalue weighted by Gasteiger charge is -2.36. The fraction of sp³-hybridized carbons (Fsp3) is 0.467. The van der Waals surface area contributed by atoms with Gasteiger partial charge < -0.3 is 15.4 Å². The molecule has 0 saturated carbocycles. The van der Waals surface area contributed by atoms with Crippen LogP contribution in [0.4, 0.5) is 10.9 Å². The SMILES string of the molecule is C[C@H](C(=O)Nc1nccs1)N1CCO[C@@H](CNc2cccnn2)C1. The third-order valence-corrected chi connectivity index (χ3v) is 4.53. The molecular formula is C15H20N6O2S. The Morgan fingerprint density at radius 1 is 1.54 bits per heavy atom. The summed E-state index contributed by atoms with van der Waals surface area (Å²) in [6.45, 7) is 4.53. The van der Waals surface area contributed by atoms with E-state index < -0.39 is 0 Å². The smallest absolute Gasteiger partial charge is 0.243 e. The molecule has 2 aromatic heterocycles. The minimum atomic E-state index is -0.239. The van der Waals surface area contributed by atoms with E-state index in [1.165, 1.54) is 11.3 Å². The van der Waals surface area contributed by atoms with Gasteiger partial charge in [-0.05, 0) is 19.1 Å². The summed E-state index contributed by atoms with van der Waals surface area (Å²) in [5.41, 5.74) is 0. The van der Waals surface area contributed by atoms with Crippen LogP contribution in [0.3, 0.4) is 0 Å². The second-order valence-electron chi connectivity index (χ2n) is 5.48. The van der Waals surface area contributed by atoms with E-state index in [2.05, 4.69) is 30.7 Å². The Bertz CT molecular complexity index is 639. The number of amides is 1. The lowest BCUT2D eigenvalue weighted by molar-refractivity contribution is -0.123. The van der Waals surface area contributed by atoms with E-state index >= 15 is 0 Å². The zero-order chi connectivity index (χ0) is 16.8. The number of aromatic nitrogens is 3. The third kappa shape index (κ3) is 4.47. The minimum Gasteiger partial charge on any atom is -0.374 e. The largest absolute Gasteiger partial charge is 0.374 e. The maximum atomic E-state index is 12.3. The van der Waals surface area contributed by atoms with E-state index in [1.807, 2.05) is 24.4 Å². The Labute approximate surface area is 144 Å². The second-order valence-corrected chi connectivity index (χ2v) is 6.37. The molecule has 2 aromatic rings. The molecule has 3 rings (SSSR count). The first-order valence-corrected chi connectivity index (χ1v) is 8.68. The number of anilines is 2. The summed E-state index contributed by atoms with van der Waals surface area (Å²) in [7, 11) is 0. The molecule has 24 heavy (non-hydrogen) atoms. The molecule has 0 unspecified atom stereocenters. The maximum Gasteiger partial charge on any atom is 0.243 e. The maximum absolute atomic E-state index is 12.3. The quantitative estimate of drug-likeness (QED) is 0.807. The van der Waals surface area contributed by atoms with Gasteiger partial charge in [0.1, 0.15) is 5.82 Å². The number of hydrogen-bond donors (Lipinski definition) is 2. The molecule has 2 atom stereocenters. The van der Waals surface area contributed by atoms with Crippen molar-refractivity contribution < 1.29 is 9.53 Å². The predicted molar refractivity (Wildman–Crippen MR) is 92.0 cm³/mol. The number of morpholine rings is 1. The summed E-state index contributed by atoms with van der Waals surface area (Å²) in [5.74, 6) is 0.667. The van der Waals surface area contributed by atoms with Crippen LogP contribution in [-0.2, 0) is 9.53 Å². The van der Waals surface area contributed by atoms with Crippen LogP contribution in [0.15, 0.2) is 29.9 Å². The average Bonchev–Trinajstić information content (AvgIpc) is 3.13. The molecule has 1 fully saturated rings. The minimum absolute atomic E-state index is 0.00383. The molecule has 9 heteroatoms. The molecule has 0 aromatic carbocycles. The van der Waals surface area contributed by atoms with Crippen LogP contribution < -0.4 is 10.6 Å². The number of ether oxygens (including phenoxy) is 1. The molecule has 8 nitrogen and oxygen atoms in total. The molecule has 3 heterocycles. The first-order chi connectivity index (χ1) is 11.7. The van der Waals surface area contributed by atoms with Gasteiger partial charge >= 0.3 is 0 Å². The van der Waals surface area contributed by atoms with E-state index in [0.29, 0.717) is 30.6 Å².